The minimum atomic E-state index is -0.379. The number of hydrogen-bond donors (Lipinski definition) is 2. The van der Waals surface area contributed by atoms with Gasteiger partial charge in [-0.1, -0.05) is 6.07 Å². The van der Waals surface area contributed by atoms with Gasteiger partial charge in [-0.2, -0.15) is 0 Å². The molecule has 2 N–H and O–H groups in total. The van der Waals surface area contributed by atoms with E-state index in [4.69, 9.17) is 11.6 Å². The topological polar surface area (TPSA) is 49.3 Å². The molecule has 0 heterocycles. The minimum absolute atomic E-state index is 0.00386. The van der Waals surface area contributed by atoms with Crippen molar-refractivity contribution in [2.24, 2.45) is 0 Å². The van der Waals surface area contributed by atoms with Crippen LogP contribution >= 0.6 is 11.6 Å². The van der Waals surface area contributed by atoms with E-state index in [2.05, 4.69) is 5.32 Å². The zero-order chi connectivity index (χ0) is 13.1. The molecule has 0 fully saturated rings. The van der Waals surface area contributed by atoms with Crippen molar-refractivity contribution in [3.05, 3.63) is 29.3 Å². The third-order valence-corrected chi connectivity index (χ3v) is 2.76. The number of carbonyl (C=O) groups is 1. The van der Waals surface area contributed by atoms with E-state index >= 15 is 0 Å². The van der Waals surface area contributed by atoms with E-state index < -0.39 is 0 Å². The van der Waals surface area contributed by atoms with E-state index in [9.17, 15) is 9.90 Å². The first-order valence-corrected chi connectivity index (χ1v) is 6.07. The molecule has 0 aliphatic rings. The van der Waals surface area contributed by atoms with Crippen LogP contribution in [0.4, 0.5) is 0 Å². The number of amides is 1. The largest absolute Gasteiger partial charge is 0.507 e. The number of aromatic hydroxyl groups is 1. The average molecular weight is 256 g/mol. The summed E-state index contributed by atoms with van der Waals surface area (Å²) >= 11 is 5.67. The Hall–Kier alpha value is -1.22. The Morgan fingerprint density at radius 1 is 1.47 bits per heavy atom. The molecule has 0 saturated carbocycles. The quantitative estimate of drug-likeness (QED) is 0.813. The Labute approximate surface area is 107 Å². The Balaban J connectivity index is 2.83. The molecule has 0 bridgehead atoms. The van der Waals surface area contributed by atoms with Crippen molar-refractivity contribution in [1.29, 1.82) is 0 Å². The standard InChI is InChI=1S/C13H18ClNO2/c1-9-4-5-10(11(16)8-9)12(17)15-13(2,3)6-7-14/h4-5,8,16H,6-7H2,1-3H3,(H,15,17). The van der Waals surface area contributed by atoms with Gasteiger partial charge >= 0.3 is 0 Å². The van der Waals surface area contributed by atoms with E-state index in [1.807, 2.05) is 20.8 Å². The highest BCUT2D eigenvalue weighted by Gasteiger charge is 2.21. The Morgan fingerprint density at radius 3 is 2.65 bits per heavy atom. The van der Waals surface area contributed by atoms with Crippen LogP contribution in [0.25, 0.3) is 0 Å². The second kappa shape index (κ2) is 5.41. The van der Waals surface area contributed by atoms with Gasteiger partial charge in [-0.05, 0) is 44.9 Å². The van der Waals surface area contributed by atoms with E-state index in [0.29, 0.717) is 17.9 Å². The maximum atomic E-state index is 12.0. The molecule has 17 heavy (non-hydrogen) atoms. The van der Waals surface area contributed by atoms with Crippen molar-refractivity contribution in [2.75, 3.05) is 5.88 Å². The molecular formula is C13H18ClNO2. The average Bonchev–Trinajstić information content (AvgIpc) is 2.15. The van der Waals surface area contributed by atoms with Gasteiger partial charge in [0.25, 0.3) is 5.91 Å². The highest BCUT2D eigenvalue weighted by atomic mass is 35.5. The van der Waals surface area contributed by atoms with Gasteiger partial charge in [-0.15, -0.1) is 11.6 Å². The molecule has 0 spiro atoms. The summed E-state index contributed by atoms with van der Waals surface area (Å²) in [5.41, 5.74) is 0.827. The lowest BCUT2D eigenvalue weighted by Crippen LogP contribution is -2.43. The first-order valence-electron chi connectivity index (χ1n) is 5.54. The van der Waals surface area contributed by atoms with Crippen LogP contribution in [0.1, 0.15) is 36.2 Å². The van der Waals surface area contributed by atoms with E-state index in [1.54, 1.807) is 18.2 Å². The number of hydrogen-bond acceptors (Lipinski definition) is 2. The lowest BCUT2D eigenvalue weighted by atomic mass is 10.0. The predicted octanol–water partition coefficient (Wildman–Crippen LogP) is 2.84. The molecule has 0 aliphatic heterocycles. The van der Waals surface area contributed by atoms with Gasteiger partial charge in [-0.25, -0.2) is 0 Å². The first-order chi connectivity index (χ1) is 7.85. The van der Waals surface area contributed by atoms with Gasteiger partial charge in [0.1, 0.15) is 5.75 Å². The van der Waals surface area contributed by atoms with Crippen LogP contribution in [-0.2, 0) is 0 Å². The van der Waals surface area contributed by atoms with Crippen molar-refractivity contribution in [2.45, 2.75) is 32.7 Å². The molecule has 1 aromatic carbocycles. The van der Waals surface area contributed by atoms with Crippen molar-refractivity contribution in [3.8, 4) is 5.75 Å². The fourth-order valence-corrected chi connectivity index (χ4v) is 1.98. The summed E-state index contributed by atoms with van der Waals surface area (Å²) in [6, 6.07) is 4.99. The Kier molecular flexibility index (Phi) is 4.40. The SMILES string of the molecule is Cc1ccc(C(=O)NC(C)(C)CCCl)c(O)c1. The van der Waals surface area contributed by atoms with Crippen LogP contribution in [0, 0.1) is 6.92 Å². The monoisotopic (exact) mass is 255 g/mol. The molecule has 0 aromatic heterocycles. The number of alkyl halides is 1. The Bertz CT molecular complexity index is 416. The zero-order valence-electron chi connectivity index (χ0n) is 10.4. The second-order valence-corrected chi connectivity index (χ2v) is 5.18. The summed E-state index contributed by atoms with van der Waals surface area (Å²) in [7, 11) is 0. The van der Waals surface area contributed by atoms with E-state index in [1.165, 1.54) is 0 Å². The summed E-state index contributed by atoms with van der Waals surface area (Å²) in [6.45, 7) is 5.66. The molecule has 0 aliphatic carbocycles. The maximum absolute atomic E-state index is 12.0. The molecule has 0 atom stereocenters. The third kappa shape index (κ3) is 3.93. The van der Waals surface area contributed by atoms with Gasteiger partial charge in [0, 0.05) is 11.4 Å². The normalized spacial score (nSPS) is 11.3. The number of benzene rings is 1. The molecule has 1 rings (SSSR count). The maximum Gasteiger partial charge on any atom is 0.255 e. The smallest absolute Gasteiger partial charge is 0.255 e. The van der Waals surface area contributed by atoms with Crippen LogP contribution < -0.4 is 5.32 Å². The first kappa shape index (κ1) is 13.8. The molecule has 0 unspecified atom stereocenters. The highest BCUT2D eigenvalue weighted by molar-refractivity contribution is 6.17. The summed E-state index contributed by atoms with van der Waals surface area (Å²) < 4.78 is 0. The lowest BCUT2D eigenvalue weighted by molar-refractivity contribution is 0.0909. The highest BCUT2D eigenvalue weighted by Crippen LogP contribution is 2.20. The molecule has 4 heteroatoms. The molecular weight excluding hydrogens is 238 g/mol. The van der Waals surface area contributed by atoms with Crippen molar-refractivity contribution < 1.29 is 9.90 Å². The molecule has 0 saturated heterocycles. The van der Waals surface area contributed by atoms with Gasteiger partial charge in [0.05, 0.1) is 5.56 Å². The number of halogens is 1. The summed E-state index contributed by atoms with van der Waals surface area (Å²) in [6.07, 6.45) is 0.674. The number of phenols is 1. The molecule has 3 nitrogen and oxygen atoms in total. The second-order valence-electron chi connectivity index (χ2n) is 4.80. The van der Waals surface area contributed by atoms with E-state index in [0.717, 1.165) is 5.56 Å². The fraction of sp³-hybridized carbons (Fsp3) is 0.462. The summed E-state index contributed by atoms with van der Waals surface area (Å²) in [5.74, 6) is 0.203. The van der Waals surface area contributed by atoms with Crippen LogP contribution in [-0.4, -0.2) is 22.4 Å². The number of aryl methyl sites for hydroxylation is 1. The van der Waals surface area contributed by atoms with Gasteiger partial charge in [0.15, 0.2) is 0 Å². The van der Waals surface area contributed by atoms with Crippen LogP contribution in [0.5, 0.6) is 5.75 Å². The van der Waals surface area contributed by atoms with Crippen LogP contribution in [0.3, 0.4) is 0 Å². The number of phenolic OH excluding ortho intramolecular Hbond substituents is 1. The van der Waals surface area contributed by atoms with Crippen LogP contribution in [0.2, 0.25) is 0 Å². The van der Waals surface area contributed by atoms with E-state index in [-0.39, 0.29) is 17.2 Å². The summed E-state index contributed by atoms with van der Waals surface area (Å²) in [4.78, 5) is 12.0. The number of nitrogens with one attached hydrogen (secondary N) is 1. The zero-order valence-corrected chi connectivity index (χ0v) is 11.1. The van der Waals surface area contributed by atoms with Gasteiger partial charge in [0.2, 0.25) is 0 Å². The lowest BCUT2D eigenvalue weighted by Gasteiger charge is -2.25. The predicted molar refractivity (Wildman–Crippen MR) is 69.7 cm³/mol. The third-order valence-electron chi connectivity index (χ3n) is 2.57. The summed E-state index contributed by atoms with van der Waals surface area (Å²) in [5, 5.41) is 12.6. The molecule has 94 valence electrons. The molecule has 1 aromatic rings. The Morgan fingerprint density at radius 2 is 2.12 bits per heavy atom. The van der Waals surface area contributed by atoms with Crippen molar-refractivity contribution >= 4 is 17.5 Å². The van der Waals surface area contributed by atoms with Crippen molar-refractivity contribution in [3.63, 3.8) is 0 Å². The fourth-order valence-electron chi connectivity index (χ4n) is 1.51. The van der Waals surface area contributed by atoms with Gasteiger partial charge in [-0.3, -0.25) is 4.79 Å². The molecule has 0 radical (unpaired) electrons. The van der Waals surface area contributed by atoms with Crippen molar-refractivity contribution in [1.82, 2.24) is 5.32 Å². The minimum Gasteiger partial charge on any atom is -0.507 e. The number of carbonyl (C=O) groups excluding carboxylic acids is 1. The van der Waals surface area contributed by atoms with Gasteiger partial charge < -0.3 is 10.4 Å². The molecule has 1 amide bonds. The number of rotatable bonds is 4. The van der Waals surface area contributed by atoms with Crippen LogP contribution in [0.15, 0.2) is 18.2 Å².